The van der Waals surface area contributed by atoms with Crippen molar-refractivity contribution in [2.45, 2.75) is 13.5 Å². The van der Waals surface area contributed by atoms with E-state index in [1.54, 1.807) is 44.7 Å². The van der Waals surface area contributed by atoms with E-state index >= 15 is 0 Å². The number of nitro benzene ring substituents is 1. The maximum absolute atomic E-state index is 11.8. The molecule has 0 aliphatic rings. The molecule has 0 spiro atoms. The van der Waals surface area contributed by atoms with Crippen molar-refractivity contribution in [3.8, 4) is 11.4 Å². The second kappa shape index (κ2) is 7.82. The van der Waals surface area contributed by atoms with E-state index in [0.29, 0.717) is 28.6 Å². The molecule has 0 atom stereocenters. The Balaban J connectivity index is 1.83. The van der Waals surface area contributed by atoms with Crippen molar-refractivity contribution in [2.75, 3.05) is 19.4 Å². The number of nitro groups is 1. The lowest BCUT2D eigenvalue weighted by atomic mass is 10.2. The van der Waals surface area contributed by atoms with Crippen LogP contribution in [0.15, 0.2) is 42.7 Å². The quantitative estimate of drug-likeness (QED) is 0.514. The number of aryl methyl sites for hydroxylation is 1. The van der Waals surface area contributed by atoms with Gasteiger partial charge in [0, 0.05) is 49.7 Å². The maximum atomic E-state index is 11.8. The lowest BCUT2D eigenvalue weighted by molar-refractivity contribution is -0.384. The standard InChI is InChI=1S/C18H19N7O3/c1-12-7-16(21-14-9-19-24(10-14)11-17(26)23(2)3)22-18(20-12)13-5-4-6-15(8-13)25(27)28/h4-10H,11H2,1-3H3,(H,20,21,22). The number of carbonyl (C=O) groups is 1. The van der Waals surface area contributed by atoms with E-state index in [9.17, 15) is 14.9 Å². The second-order valence-corrected chi connectivity index (χ2v) is 6.37. The molecule has 0 aliphatic carbocycles. The van der Waals surface area contributed by atoms with Crippen LogP contribution in [-0.2, 0) is 11.3 Å². The van der Waals surface area contributed by atoms with E-state index in [1.165, 1.54) is 21.7 Å². The fourth-order valence-corrected chi connectivity index (χ4v) is 2.46. The number of rotatable bonds is 6. The van der Waals surface area contributed by atoms with Gasteiger partial charge in [0.05, 0.1) is 16.8 Å². The van der Waals surface area contributed by atoms with Gasteiger partial charge in [-0.25, -0.2) is 9.97 Å². The van der Waals surface area contributed by atoms with Gasteiger partial charge in [-0.2, -0.15) is 5.10 Å². The topological polar surface area (TPSA) is 119 Å². The summed E-state index contributed by atoms with van der Waals surface area (Å²) in [5.74, 6) is 0.828. The highest BCUT2D eigenvalue weighted by molar-refractivity contribution is 5.75. The highest BCUT2D eigenvalue weighted by atomic mass is 16.6. The molecule has 2 heterocycles. The number of carbonyl (C=O) groups excluding carboxylic acids is 1. The first-order valence-electron chi connectivity index (χ1n) is 8.42. The van der Waals surface area contributed by atoms with Crippen LogP contribution in [0.2, 0.25) is 0 Å². The van der Waals surface area contributed by atoms with Gasteiger partial charge in [-0.15, -0.1) is 0 Å². The van der Waals surface area contributed by atoms with Crippen LogP contribution >= 0.6 is 0 Å². The Morgan fingerprint density at radius 3 is 2.79 bits per heavy atom. The minimum absolute atomic E-state index is 0.0241. The molecule has 2 aromatic heterocycles. The Morgan fingerprint density at radius 2 is 2.07 bits per heavy atom. The summed E-state index contributed by atoms with van der Waals surface area (Å²) in [5, 5.41) is 18.3. The van der Waals surface area contributed by atoms with Crippen molar-refractivity contribution in [3.63, 3.8) is 0 Å². The first kappa shape index (κ1) is 19.0. The minimum Gasteiger partial charge on any atom is -0.347 e. The third-order valence-corrected chi connectivity index (χ3v) is 3.87. The van der Waals surface area contributed by atoms with E-state index in [4.69, 9.17) is 0 Å². The summed E-state index contributed by atoms with van der Waals surface area (Å²) in [5.41, 5.74) is 1.89. The number of amides is 1. The number of likely N-dealkylation sites (N-methyl/N-ethyl adjacent to an activating group) is 1. The van der Waals surface area contributed by atoms with E-state index in [0.717, 1.165) is 0 Å². The average molecular weight is 381 g/mol. The molecule has 1 amide bonds. The summed E-state index contributed by atoms with van der Waals surface area (Å²) >= 11 is 0. The lowest BCUT2D eigenvalue weighted by Gasteiger charge is -2.09. The molecule has 0 aliphatic heterocycles. The van der Waals surface area contributed by atoms with Gasteiger partial charge in [0.2, 0.25) is 5.91 Å². The van der Waals surface area contributed by atoms with Crippen LogP contribution in [-0.4, -0.2) is 49.6 Å². The van der Waals surface area contributed by atoms with Crippen LogP contribution in [0, 0.1) is 17.0 Å². The third kappa shape index (κ3) is 4.47. The third-order valence-electron chi connectivity index (χ3n) is 3.87. The predicted octanol–water partition coefficient (Wildman–Crippen LogP) is 2.39. The Labute approximate surface area is 161 Å². The number of non-ortho nitro benzene ring substituents is 1. The molecular formula is C18H19N7O3. The fraction of sp³-hybridized carbons (Fsp3) is 0.222. The maximum Gasteiger partial charge on any atom is 0.270 e. The van der Waals surface area contributed by atoms with Crippen LogP contribution in [0.5, 0.6) is 0 Å². The molecule has 10 heteroatoms. The Bertz CT molecular complexity index is 1030. The Hall–Kier alpha value is -3.82. The molecule has 0 saturated heterocycles. The van der Waals surface area contributed by atoms with E-state index in [2.05, 4.69) is 20.4 Å². The molecule has 3 rings (SSSR count). The van der Waals surface area contributed by atoms with Gasteiger partial charge in [-0.05, 0) is 6.92 Å². The van der Waals surface area contributed by atoms with Crippen LogP contribution in [0.4, 0.5) is 17.2 Å². The number of aromatic nitrogens is 4. The minimum atomic E-state index is -0.456. The van der Waals surface area contributed by atoms with E-state index in [1.807, 2.05) is 6.92 Å². The largest absolute Gasteiger partial charge is 0.347 e. The number of hydrogen-bond donors (Lipinski definition) is 1. The first-order chi connectivity index (χ1) is 13.3. The van der Waals surface area contributed by atoms with Crippen LogP contribution in [0.1, 0.15) is 5.69 Å². The number of nitrogens with zero attached hydrogens (tertiary/aromatic N) is 6. The molecule has 0 fully saturated rings. The van der Waals surface area contributed by atoms with Crippen LogP contribution in [0.3, 0.4) is 0 Å². The smallest absolute Gasteiger partial charge is 0.270 e. The van der Waals surface area contributed by atoms with E-state index in [-0.39, 0.29) is 18.1 Å². The average Bonchev–Trinajstić information content (AvgIpc) is 3.08. The van der Waals surface area contributed by atoms with Crippen molar-refractivity contribution < 1.29 is 9.72 Å². The number of nitrogens with one attached hydrogen (secondary N) is 1. The zero-order chi connectivity index (χ0) is 20.3. The molecule has 0 bridgehead atoms. The summed E-state index contributed by atoms with van der Waals surface area (Å²) in [6, 6.07) is 7.92. The molecule has 0 saturated carbocycles. The molecule has 0 radical (unpaired) electrons. The van der Waals surface area contributed by atoms with Crippen molar-refractivity contribution >= 4 is 23.1 Å². The molecule has 1 aromatic carbocycles. The molecule has 144 valence electrons. The number of benzene rings is 1. The van der Waals surface area contributed by atoms with E-state index < -0.39 is 4.92 Å². The van der Waals surface area contributed by atoms with Gasteiger partial charge in [-0.3, -0.25) is 19.6 Å². The van der Waals surface area contributed by atoms with Gasteiger partial charge in [0.1, 0.15) is 12.4 Å². The molecule has 3 aromatic rings. The normalized spacial score (nSPS) is 10.5. The van der Waals surface area contributed by atoms with Gasteiger partial charge in [0.15, 0.2) is 5.82 Å². The van der Waals surface area contributed by atoms with Gasteiger partial charge < -0.3 is 10.2 Å². The van der Waals surface area contributed by atoms with Crippen molar-refractivity contribution in [1.82, 2.24) is 24.6 Å². The van der Waals surface area contributed by atoms with Gasteiger partial charge >= 0.3 is 0 Å². The highest BCUT2D eigenvalue weighted by Crippen LogP contribution is 2.23. The van der Waals surface area contributed by atoms with Gasteiger partial charge in [0.25, 0.3) is 5.69 Å². The second-order valence-electron chi connectivity index (χ2n) is 6.37. The van der Waals surface area contributed by atoms with Crippen LogP contribution < -0.4 is 5.32 Å². The summed E-state index contributed by atoms with van der Waals surface area (Å²) in [6.07, 6.45) is 3.29. The van der Waals surface area contributed by atoms with Crippen molar-refractivity contribution in [1.29, 1.82) is 0 Å². The zero-order valence-corrected chi connectivity index (χ0v) is 15.7. The fourth-order valence-electron chi connectivity index (χ4n) is 2.46. The number of hydrogen-bond acceptors (Lipinski definition) is 7. The zero-order valence-electron chi connectivity index (χ0n) is 15.7. The summed E-state index contributed by atoms with van der Waals surface area (Å²) < 4.78 is 1.53. The predicted molar refractivity (Wildman–Crippen MR) is 103 cm³/mol. The molecular weight excluding hydrogens is 362 g/mol. The molecule has 1 N–H and O–H groups in total. The first-order valence-corrected chi connectivity index (χ1v) is 8.42. The van der Waals surface area contributed by atoms with Crippen LogP contribution in [0.25, 0.3) is 11.4 Å². The number of anilines is 2. The SMILES string of the molecule is Cc1cc(Nc2cnn(CC(=O)N(C)C)c2)nc(-c2cccc([N+](=O)[O-])c2)n1. The summed E-state index contributed by atoms with van der Waals surface area (Å²) in [6.45, 7) is 1.95. The Kier molecular flexibility index (Phi) is 5.30. The molecule has 0 unspecified atom stereocenters. The Morgan fingerprint density at radius 1 is 1.29 bits per heavy atom. The highest BCUT2D eigenvalue weighted by Gasteiger charge is 2.12. The van der Waals surface area contributed by atoms with Crippen molar-refractivity contribution in [2.24, 2.45) is 0 Å². The monoisotopic (exact) mass is 381 g/mol. The molecule has 10 nitrogen and oxygen atoms in total. The molecule has 28 heavy (non-hydrogen) atoms. The van der Waals surface area contributed by atoms with Gasteiger partial charge in [-0.1, -0.05) is 12.1 Å². The van der Waals surface area contributed by atoms with Crippen molar-refractivity contribution in [3.05, 3.63) is 58.5 Å². The lowest BCUT2D eigenvalue weighted by Crippen LogP contribution is -2.26. The summed E-state index contributed by atoms with van der Waals surface area (Å²) in [4.78, 5) is 32.6. The summed E-state index contributed by atoms with van der Waals surface area (Å²) in [7, 11) is 3.37.